The highest BCUT2D eigenvalue weighted by Crippen LogP contribution is 2.20. The zero-order chi connectivity index (χ0) is 12.8. The number of benzene rings is 1. The second kappa shape index (κ2) is 6.11. The van der Waals surface area contributed by atoms with Crippen LogP contribution >= 0.6 is 0 Å². The first-order valence-corrected chi connectivity index (χ1v) is 6.38. The van der Waals surface area contributed by atoms with E-state index < -0.39 is 0 Å². The molecule has 1 aromatic rings. The molecule has 1 heterocycles. The Labute approximate surface area is 108 Å². The Balaban J connectivity index is 2.08. The van der Waals surface area contributed by atoms with E-state index in [0.717, 1.165) is 18.7 Å². The molecule has 3 nitrogen and oxygen atoms in total. The molecule has 3 heteroatoms. The molecule has 2 rings (SSSR count). The van der Waals surface area contributed by atoms with Crippen LogP contribution in [0.15, 0.2) is 24.3 Å². The Morgan fingerprint density at radius 1 is 1.28 bits per heavy atom. The van der Waals surface area contributed by atoms with Gasteiger partial charge in [-0.2, -0.15) is 0 Å². The second-order valence-corrected chi connectivity index (χ2v) is 4.54. The molecule has 1 aliphatic heterocycles. The summed E-state index contributed by atoms with van der Waals surface area (Å²) in [4.78, 5) is 13.0. The molecule has 0 radical (unpaired) electrons. The maximum Gasteiger partial charge on any atom is 0.229 e. The second-order valence-electron chi connectivity index (χ2n) is 4.54. The third kappa shape index (κ3) is 3.53. The average molecular weight is 242 g/mol. The molecular weight excluding hydrogens is 224 g/mol. The Morgan fingerprint density at radius 2 is 2.06 bits per heavy atom. The van der Waals surface area contributed by atoms with Crippen LogP contribution in [0.5, 0.6) is 0 Å². The highest BCUT2D eigenvalue weighted by Gasteiger charge is 2.10. The fourth-order valence-corrected chi connectivity index (χ4v) is 2.17. The van der Waals surface area contributed by atoms with Crippen molar-refractivity contribution >= 4 is 11.6 Å². The van der Waals surface area contributed by atoms with Crippen molar-refractivity contribution in [2.75, 3.05) is 18.0 Å². The predicted octanol–water partition coefficient (Wildman–Crippen LogP) is 1.90. The van der Waals surface area contributed by atoms with Gasteiger partial charge < -0.3 is 10.6 Å². The number of piperidine rings is 1. The SMILES string of the molecule is NC(=O)CC#Cc1cccc(N2CCCCC2)c1. The van der Waals surface area contributed by atoms with E-state index in [1.165, 1.54) is 24.9 Å². The molecule has 1 aromatic carbocycles. The van der Waals surface area contributed by atoms with Gasteiger partial charge in [0, 0.05) is 24.3 Å². The van der Waals surface area contributed by atoms with Crippen LogP contribution in [-0.4, -0.2) is 19.0 Å². The Kier molecular flexibility index (Phi) is 4.25. The molecule has 0 unspecified atom stereocenters. The molecule has 0 saturated carbocycles. The van der Waals surface area contributed by atoms with Crippen LogP contribution < -0.4 is 10.6 Å². The molecule has 94 valence electrons. The fourth-order valence-electron chi connectivity index (χ4n) is 2.17. The van der Waals surface area contributed by atoms with Crippen LogP contribution in [0.2, 0.25) is 0 Å². The highest BCUT2D eigenvalue weighted by molar-refractivity contribution is 5.76. The molecule has 0 aliphatic carbocycles. The maximum atomic E-state index is 10.6. The van der Waals surface area contributed by atoms with Crippen molar-refractivity contribution in [1.82, 2.24) is 0 Å². The lowest BCUT2D eigenvalue weighted by atomic mass is 10.1. The number of amides is 1. The van der Waals surface area contributed by atoms with E-state index in [0.29, 0.717) is 0 Å². The van der Waals surface area contributed by atoms with E-state index in [4.69, 9.17) is 5.73 Å². The third-order valence-corrected chi connectivity index (χ3v) is 3.06. The van der Waals surface area contributed by atoms with E-state index in [1.54, 1.807) is 0 Å². The quantitative estimate of drug-likeness (QED) is 0.805. The van der Waals surface area contributed by atoms with Crippen molar-refractivity contribution in [3.05, 3.63) is 29.8 Å². The Morgan fingerprint density at radius 3 is 2.78 bits per heavy atom. The van der Waals surface area contributed by atoms with E-state index in [1.807, 2.05) is 12.1 Å². The number of carbonyl (C=O) groups excluding carboxylic acids is 1. The van der Waals surface area contributed by atoms with Gasteiger partial charge >= 0.3 is 0 Å². The zero-order valence-corrected chi connectivity index (χ0v) is 10.5. The molecule has 1 fully saturated rings. The molecule has 0 bridgehead atoms. The molecule has 1 saturated heterocycles. The minimum Gasteiger partial charge on any atom is -0.372 e. The van der Waals surface area contributed by atoms with Crippen LogP contribution in [0.25, 0.3) is 0 Å². The predicted molar refractivity (Wildman–Crippen MR) is 73.2 cm³/mol. The lowest BCUT2D eigenvalue weighted by molar-refractivity contribution is -0.117. The minimum absolute atomic E-state index is 0.119. The summed E-state index contributed by atoms with van der Waals surface area (Å²) in [7, 11) is 0. The normalized spacial score (nSPS) is 14.8. The molecule has 1 aliphatic rings. The molecule has 0 atom stereocenters. The van der Waals surface area contributed by atoms with Gasteiger partial charge in [-0.15, -0.1) is 0 Å². The summed E-state index contributed by atoms with van der Waals surface area (Å²) in [6.45, 7) is 2.25. The number of hydrogen-bond acceptors (Lipinski definition) is 2. The van der Waals surface area contributed by atoms with Crippen molar-refractivity contribution in [2.45, 2.75) is 25.7 Å². The standard InChI is InChI=1S/C15H18N2O/c16-15(18)9-5-7-13-6-4-8-14(12-13)17-10-2-1-3-11-17/h4,6,8,12H,1-3,9-11H2,(H2,16,18). The number of anilines is 1. The summed E-state index contributed by atoms with van der Waals surface area (Å²) in [6, 6.07) is 8.17. The van der Waals surface area contributed by atoms with Gasteiger partial charge in [0.05, 0.1) is 6.42 Å². The van der Waals surface area contributed by atoms with Crippen molar-refractivity contribution < 1.29 is 4.79 Å². The van der Waals surface area contributed by atoms with E-state index >= 15 is 0 Å². The number of primary amides is 1. The smallest absolute Gasteiger partial charge is 0.229 e. The minimum atomic E-state index is -0.380. The van der Waals surface area contributed by atoms with E-state index in [2.05, 4.69) is 28.9 Å². The summed E-state index contributed by atoms with van der Waals surface area (Å²) < 4.78 is 0. The lowest BCUT2D eigenvalue weighted by Gasteiger charge is -2.28. The van der Waals surface area contributed by atoms with Crippen LogP contribution in [0.4, 0.5) is 5.69 Å². The monoisotopic (exact) mass is 242 g/mol. The molecule has 0 aromatic heterocycles. The number of nitrogens with zero attached hydrogens (tertiary/aromatic N) is 1. The summed E-state index contributed by atoms with van der Waals surface area (Å²) in [6.07, 6.45) is 3.97. The topological polar surface area (TPSA) is 46.3 Å². The van der Waals surface area contributed by atoms with Crippen molar-refractivity contribution in [3.63, 3.8) is 0 Å². The number of nitrogens with two attached hydrogens (primary N) is 1. The van der Waals surface area contributed by atoms with Crippen molar-refractivity contribution in [1.29, 1.82) is 0 Å². The number of rotatable bonds is 2. The van der Waals surface area contributed by atoms with E-state index in [-0.39, 0.29) is 12.3 Å². The van der Waals surface area contributed by atoms with Crippen molar-refractivity contribution in [3.8, 4) is 11.8 Å². The van der Waals surface area contributed by atoms with Gasteiger partial charge in [0.15, 0.2) is 0 Å². The lowest BCUT2D eigenvalue weighted by Crippen LogP contribution is -2.29. The molecule has 2 N–H and O–H groups in total. The Bertz CT molecular complexity index is 479. The van der Waals surface area contributed by atoms with Gasteiger partial charge in [0.2, 0.25) is 5.91 Å². The number of carbonyl (C=O) groups is 1. The van der Waals surface area contributed by atoms with Crippen molar-refractivity contribution in [2.24, 2.45) is 5.73 Å². The summed E-state index contributed by atoms with van der Waals surface area (Å²) in [5.41, 5.74) is 7.22. The third-order valence-electron chi connectivity index (χ3n) is 3.06. The van der Waals surface area contributed by atoms with Crippen LogP contribution in [0.3, 0.4) is 0 Å². The highest BCUT2D eigenvalue weighted by atomic mass is 16.1. The van der Waals surface area contributed by atoms with Crippen LogP contribution in [0.1, 0.15) is 31.2 Å². The molecule has 0 spiro atoms. The molecule has 1 amide bonds. The first kappa shape index (κ1) is 12.5. The van der Waals surface area contributed by atoms with Gasteiger partial charge in [-0.3, -0.25) is 4.79 Å². The van der Waals surface area contributed by atoms with E-state index in [9.17, 15) is 4.79 Å². The van der Waals surface area contributed by atoms with Gasteiger partial charge in [0.1, 0.15) is 0 Å². The maximum absolute atomic E-state index is 10.6. The average Bonchev–Trinajstić information content (AvgIpc) is 2.40. The van der Waals surface area contributed by atoms with Gasteiger partial charge in [0.25, 0.3) is 0 Å². The summed E-state index contributed by atoms with van der Waals surface area (Å²) >= 11 is 0. The zero-order valence-electron chi connectivity index (χ0n) is 10.5. The van der Waals surface area contributed by atoms with Crippen LogP contribution in [0, 0.1) is 11.8 Å². The number of hydrogen-bond donors (Lipinski definition) is 1. The molecular formula is C15H18N2O. The largest absolute Gasteiger partial charge is 0.372 e. The first-order chi connectivity index (χ1) is 8.75. The first-order valence-electron chi connectivity index (χ1n) is 6.38. The van der Waals surface area contributed by atoms with Gasteiger partial charge in [-0.05, 0) is 37.5 Å². The molecule has 18 heavy (non-hydrogen) atoms. The summed E-state index contributed by atoms with van der Waals surface area (Å²) in [5.74, 6) is 5.39. The summed E-state index contributed by atoms with van der Waals surface area (Å²) in [5, 5.41) is 0. The Hall–Kier alpha value is -1.95. The van der Waals surface area contributed by atoms with Gasteiger partial charge in [-0.1, -0.05) is 17.9 Å². The van der Waals surface area contributed by atoms with Gasteiger partial charge in [-0.25, -0.2) is 0 Å². The van der Waals surface area contributed by atoms with Crippen LogP contribution in [-0.2, 0) is 4.79 Å². The fraction of sp³-hybridized carbons (Fsp3) is 0.400.